The van der Waals surface area contributed by atoms with Crippen LogP contribution in [-0.2, 0) is 4.79 Å². The summed E-state index contributed by atoms with van der Waals surface area (Å²) < 4.78 is 0.887. The van der Waals surface area contributed by atoms with Gasteiger partial charge in [-0.3, -0.25) is 4.79 Å². The highest BCUT2D eigenvalue weighted by Crippen LogP contribution is 2.25. The normalized spacial score (nSPS) is 11.2. The highest BCUT2D eigenvalue weighted by Gasteiger charge is 2.11. The second-order valence-corrected chi connectivity index (χ2v) is 7.53. The van der Waals surface area contributed by atoms with Crippen molar-refractivity contribution in [2.45, 2.75) is 24.9 Å². The van der Waals surface area contributed by atoms with Crippen molar-refractivity contribution in [3.63, 3.8) is 0 Å². The molecule has 0 atom stereocenters. The Morgan fingerprint density at radius 3 is 2.96 bits per heavy atom. The SMILES string of the molecule is CC(C)c1ccccc1NC(=O)CSc1nc2ncc(Br)cc2[nH]1. The molecular formula is C17H17BrN4OS. The van der Waals surface area contributed by atoms with Gasteiger partial charge >= 0.3 is 0 Å². The predicted octanol–water partition coefficient (Wildman–Crippen LogP) is 4.57. The van der Waals surface area contributed by atoms with Gasteiger partial charge in [0, 0.05) is 16.4 Å². The number of H-pyrrole nitrogens is 1. The fourth-order valence-electron chi connectivity index (χ4n) is 2.36. The van der Waals surface area contributed by atoms with Gasteiger partial charge in [-0.15, -0.1) is 0 Å². The van der Waals surface area contributed by atoms with Crippen LogP contribution in [0.2, 0.25) is 0 Å². The first-order chi connectivity index (χ1) is 11.5. The van der Waals surface area contributed by atoms with Crippen LogP contribution in [0, 0.1) is 0 Å². The molecular weight excluding hydrogens is 388 g/mol. The zero-order valence-corrected chi connectivity index (χ0v) is 15.7. The maximum absolute atomic E-state index is 12.2. The molecule has 0 aliphatic carbocycles. The van der Waals surface area contributed by atoms with Gasteiger partial charge in [0.15, 0.2) is 10.8 Å². The van der Waals surface area contributed by atoms with Crippen molar-refractivity contribution >= 4 is 50.5 Å². The minimum absolute atomic E-state index is 0.0531. The number of hydrogen-bond acceptors (Lipinski definition) is 4. The number of para-hydroxylation sites is 1. The van der Waals surface area contributed by atoms with Crippen molar-refractivity contribution in [3.8, 4) is 0 Å². The molecule has 0 aliphatic heterocycles. The van der Waals surface area contributed by atoms with Gasteiger partial charge in [0.05, 0.1) is 11.3 Å². The van der Waals surface area contributed by atoms with E-state index in [9.17, 15) is 4.79 Å². The van der Waals surface area contributed by atoms with Crippen molar-refractivity contribution in [3.05, 3.63) is 46.6 Å². The summed E-state index contributed by atoms with van der Waals surface area (Å²) in [6, 6.07) is 9.80. The summed E-state index contributed by atoms with van der Waals surface area (Å²) >= 11 is 4.74. The van der Waals surface area contributed by atoms with Crippen LogP contribution in [0.15, 0.2) is 46.2 Å². The molecule has 0 saturated heterocycles. The molecule has 3 rings (SSSR count). The third kappa shape index (κ3) is 3.96. The van der Waals surface area contributed by atoms with Gasteiger partial charge in [-0.05, 0) is 39.5 Å². The number of benzene rings is 1. The number of imidazole rings is 1. The molecule has 24 heavy (non-hydrogen) atoms. The number of hydrogen-bond donors (Lipinski definition) is 2. The number of rotatable bonds is 5. The Morgan fingerprint density at radius 2 is 2.17 bits per heavy atom. The van der Waals surface area contributed by atoms with Gasteiger partial charge in [0.25, 0.3) is 0 Å². The van der Waals surface area contributed by atoms with E-state index in [0.29, 0.717) is 16.7 Å². The third-order valence-corrected chi connectivity index (χ3v) is 4.79. The zero-order chi connectivity index (χ0) is 17.1. The Bertz CT molecular complexity index is 878. The van der Waals surface area contributed by atoms with Crippen LogP contribution in [0.5, 0.6) is 0 Å². The molecule has 0 aliphatic rings. The lowest BCUT2D eigenvalue weighted by Crippen LogP contribution is -2.15. The van der Waals surface area contributed by atoms with Gasteiger partial charge < -0.3 is 10.3 Å². The van der Waals surface area contributed by atoms with Crippen LogP contribution in [0.3, 0.4) is 0 Å². The molecule has 0 bridgehead atoms. The second kappa shape index (κ2) is 7.36. The molecule has 0 fully saturated rings. The van der Waals surface area contributed by atoms with Crippen LogP contribution in [0.25, 0.3) is 11.2 Å². The monoisotopic (exact) mass is 404 g/mol. The molecule has 1 aromatic carbocycles. The summed E-state index contributed by atoms with van der Waals surface area (Å²) in [5.74, 6) is 0.588. The average Bonchev–Trinajstić information content (AvgIpc) is 2.95. The van der Waals surface area contributed by atoms with E-state index in [-0.39, 0.29) is 11.7 Å². The van der Waals surface area contributed by atoms with E-state index >= 15 is 0 Å². The third-order valence-electron chi connectivity index (χ3n) is 3.48. The Labute approximate surface area is 152 Å². The Morgan fingerprint density at radius 1 is 1.38 bits per heavy atom. The number of thioether (sulfide) groups is 1. The van der Waals surface area contributed by atoms with Crippen LogP contribution in [0.1, 0.15) is 25.3 Å². The summed E-state index contributed by atoms with van der Waals surface area (Å²) in [4.78, 5) is 24.0. The smallest absolute Gasteiger partial charge is 0.234 e. The summed E-state index contributed by atoms with van der Waals surface area (Å²) in [5.41, 5.74) is 3.49. The number of fused-ring (bicyclic) bond motifs is 1. The maximum atomic E-state index is 12.2. The zero-order valence-electron chi connectivity index (χ0n) is 13.3. The number of nitrogens with zero attached hydrogens (tertiary/aromatic N) is 2. The van der Waals surface area contributed by atoms with Crippen molar-refractivity contribution < 1.29 is 4.79 Å². The summed E-state index contributed by atoms with van der Waals surface area (Å²) in [7, 11) is 0. The number of amides is 1. The Hall–Kier alpha value is -1.86. The Kier molecular flexibility index (Phi) is 5.20. The molecule has 0 radical (unpaired) electrons. The van der Waals surface area contributed by atoms with Crippen LogP contribution in [-0.4, -0.2) is 26.6 Å². The number of carbonyl (C=O) groups excluding carboxylic acids is 1. The van der Waals surface area contributed by atoms with Crippen molar-refractivity contribution in [2.24, 2.45) is 0 Å². The molecule has 2 N–H and O–H groups in total. The van der Waals surface area contributed by atoms with Gasteiger partial charge in [0.1, 0.15) is 0 Å². The molecule has 3 aromatic rings. The van der Waals surface area contributed by atoms with E-state index < -0.39 is 0 Å². The number of carbonyl (C=O) groups is 1. The van der Waals surface area contributed by atoms with Crippen molar-refractivity contribution in [1.29, 1.82) is 0 Å². The van der Waals surface area contributed by atoms with Crippen LogP contribution < -0.4 is 5.32 Å². The van der Waals surface area contributed by atoms with E-state index in [2.05, 4.69) is 50.0 Å². The fourth-order valence-corrected chi connectivity index (χ4v) is 3.36. The number of anilines is 1. The van der Waals surface area contributed by atoms with E-state index in [0.717, 1.165) is 21.2 Å². The highest BCUT2D eigenvalue weighted by atomic mass is 79.9. The van der Waals surface area contributed by atoms with Gasteiger partial charge in [0.2, 0.25) is 5.91 Å². The molecule has 5 nitrogen and oxygen atoms in total. The maximum Gasteiger partial charge on any atom is 0.234 e. The topological polar surface area (TPSA) is 70.7 Å². The molecule has 124 valence electrons. The minimum atomic E-state index is -0.0531. The lowest BCUT2D eigenvalue weighted by Gasteiger charge is -2.13. The van der Waals surface area contributed by atoms with Crippen molar-refractivity contribution in [2.75, 3.05) is 11.1 Å². The van der Waals surface area contributed by atoms with E-state index in [1.54, 1.807) is 6.20 Å². The number of pyridine rings is 1. The minimum Gasteiger partial charge on any atom is -0.331 e. The summed E-state index contributed by atoms with van der Waals surface area (Å²) in [5, 5.41) is 3.66. The van der Waals surface area contributed by atoms with Gasteiger partial charge in [-0.2, -0.15) is 0 Å². The van der Waals surface area contributed by atoms with E-state index in [4.69, 9.17) is 0 Å². The number of aromatic nitrogens is 3. The lowest BCUT2D eigenvalue weighted by atomic mass is 10.0. The molecule has 2 aromatic heterocycles. The molecule has 0 saturated carbocycles. The standard InChI is InChI=1S/C17H17BrN4OS/c1-10(2)12-5-3-4-6-13(12)20-15(23)9-24-17-21-14-7-11(18)8-19-16(14)22-17/h3-8,10H,9H2,1-2H3,(H,20,23)(H,19,21,22). The van der Waals surface area contributed by atoms with E-state index in [1.165, 1.54) is 11.8 Å². The quantitative estimate of drug-likeness (QED) is 0.610. The molecule has 7 heteroatoms. The first-order valence-corrected chi connectivity index (χ1v) is 9.33. The first-order valence-electron chi connectivity index (χ1n) is 7.56. The van der Waals surface area contributed by atoms with Gasteiger partial charge in [-0.1, -0.05) is 43.8 Å². The number of aromatic amines is 1. The first kappa shape index (κ1) is 17.0. The number of nitrogens with one attached hydrogen (secondary N) is 2. The van der Waals surface area contributed by atoms with Gasteiger partial charge in [-0.25, -0.2) is 9.97 Å². The number of halogens is 1. The molecule has 0 unspecified atom stereocenters. The molecule has 2 heterocycles. The fraction of sp³-hybridized carbons (Fsp3) is 0.235. The van der Waals surface area contributed by atoms with Crippen LogP contribution in [0.4, 0.5) is 5.69 Å². The summed E-state index contributed by atoms with van der Waals surface area (Å²) in [6.07, 6.45) is 1.70. The lowest BCUT2D eigenvalue weighted by molar-refractivity contribution is -0.113. The largest absolute Gasteiger partial charge is 0.331 e. The summed E-state index contributed by atoms with van der Waals surface area (Å²) in [6.45, 7) is 4.22. The predicted molar refractivity (Wildman–Crippen MR) is 101 cm³/mol. The van der Waals surface area contributed by atoms with Crippen LogP contribution >= 0.6 is 27.7 Å². The average molecular weight is 405 g/mol. The molecule has 1 amide bonds. The van der Waals surface area contributed by atoms with E-state index in [1.807, 2.05) is 30.3 Å². The molecule has 0 spiro atoms. The Balaban J connectivity index is 1.65. The van der Waals surface area contributed by atoms with Crippen molar-refractivity contribution in [1.82, 2.24) is 15.0 Å². The second-order valence-electron chi connectivity index (χ2n) is 5.65. The highest BCUT2D eigenvalue weighted by molar-refractivity contribution is 9.10.